The number of carbonyl (C=O) groups is 2. The van der Waals surface area contributed by atoms with Gasteiger partial charge < -0.3 is 5.11 Å². The topological polar surface area (TPSA) is 103 Å². The third-order valence-corrected chi connectivity index (χ3v) is 7.27. The molecular formula is C26H21N3O5. The van der Waals surface area contributed by atoms with E-state index in [1.54, 1.807) is 19.1 Å². The zero-order valence-corrected chi connectivity index (χ0v) is 18.6. The number of fused-ring (bicyclic) bond motifs is 4. The summed E-state index contributed by atoms with van der Waals surface area (Å²) in [5.74, 6) is -1.20. The van der Waals surface area contributed by atoms with Gasteiger partial charge in [0.15, 0.2) is 11.6 Å². The summed E-state index contributed by atoms with van der Waals surface area (Å²) >= 11 is 0. The van der Waals surface area contributed by atoms with E-state index in [4.69, 9.17) is 0 Å². The number of phenols is 1. The molecule has 2 aromatic carbocycles. The monoisotopic (exact) mass is 455 g/mol. The van der Waals surface area contributed by atoms with Crippen LogP contribution in [0.2, 0.25) is 0 Å². The molecular weight excluding hydrogens is 434 g/mol. The number of Topliss-reactive ketones (excluding diaryl/α,β-unsaturated/α-hetero) is 1. The van der Waals surface area contributed by atoms with Crippen LogP contribution in [-0.4, -0.2) is 30.6 Å². The first-order chi connectivity index (χ1) is 16.3. The predicted octanol–water partition coefficient (Wildman–Crippen LogP) is 2.27. The molecule has 1 aliphatic heterocycles. The van der Waals surface area contributed by atoms with Crippen LogP contribution in [-0.2, 0) is 23.2 Å². The zero-order valence-electron chi connectivity index (χ0n) is 18.6. The van der Waals surface area contributed by atoms with Crippen molar-refractivity contribution >= 4 is 22.3 Å². The fourth-order valence-electron chi connectivity index (χ4n) is 5.60. The smallest absolute Gasteiger partial charge is 0.347 e. The van der Waals surface area contributed by atoms with Crippen LogP contribution in [0.1, 0.15) is 30.9 Å². The van der Waals surface area contributed by atoms with Crippen molar-refractivity contribution in [3.63, 3.8) is 0 Å². The Morgan fingerprint density at radius 2 is 1.76 bits per heavy atom. The number of carbonyl (C=O) groups excluding carboxylic acids is 2. The SMILES string of the molecule is CC1=CC(=O)C2=C(C1=O)[C@@H](c1ccc3ccccc3c1O)C1=CCn3c(=O)n(C)c(=O)n3[C@@H]1C2. The minimum atomic E-state index is -0.714. The van der Waals surface area contributed by atoms with Crippen molar-refractivity contribution in [3.8, 4) is 5.75 Å². The van der Waals surface area contributed by atoms with Crippen LogP contribution in [0.25, 0.3) is 10.8 Å². The first kappa shape index (κ1) is 20.4. The molecule has 0 bridgehead atoms. The number of rotatable bonds is 1. The van der Waals surface area contributed by atoms with Crippen molar-refractivity contribution in [1.82, 2.24) is 13.9 Å². The highest BCUT2D eigenvalue weighted by Gasteiger charge is 2.45. The number of nitrogens with zero attached hydrogens (tertiary/aromatic N) is 3. The highest BCUT2D eigenvalue weighted by molar-refractivity contribution is 6.23. The van der Waals surface area contributed by atoms with Crippen LogP contribution in [0.4, 0.5) is 0 Å². The molecule has 34 heavy (non-hydrogen) atoms. The maximum absolute atomic E-state index is 13.4. The fraction of sp³-hybridized carbons (Fsp3) is 0.231. The second kappa shape index (κ2) is 6.90. The lowest BCUT2D eigenvalue weighted by Crippen LogP contribution is -2.40. The van der Waals surface area contributed by atoms with E-state index in [9.17, 15) is 24.3 Å². The van der Waals surface area contributed by atoms with Crippen molar-refractivity contribution in [1.29, 1.82) is 0 Å². The Morgan fingerprint density at radius 3 is 2.56 bits per heavy atom. The van der Waals surface area contributed by atoms with E-state index in [1.807, 2.05) is 30.3 Å². The molecule has 0 spiro atoms. The van der Waals surface area contributed by atoms with Crippen LogP contribution in [0.15, 0.2) is 80.4 Å². The van der Waals surface area contributed by atoms with Gasteiger partial charge in [0.25, 0.3) is 0 Å². The highest BCUT2D eigenvalue weighted by Crippen LogP contribution is 2.52. The number of aromatic nitrogens is 3. The summed E-state index contributed by atoms with van der Waals surface area (Å²) < 4.78 is 3.78. The molecule has 3 aliphatic rings. The molecule has 1 N–H and O–H groups in total. The van der Waals surface area contributed by atoms with Crippen molar-refractivity contribution < 1.29 is 14.7 Å². The Hall–Kier alpha value is -4.20. The van der Waals surface area contributed by atoms with E-state index in [2.05, 4.69) is 0 Å². The van der Waals surface area contributed by atoms with Gasteiger partial charge >= 0.3 is 11.4 Å². The van der Waals surface area contributed by atoms with Gasteiger partial charge in [0, 0.05) is 47.1 Å². The quantitative estimate of drug-likeness (QED) is 0.448. The summed E-state index contributed by atoms with van der Waals surface area (Å²) in [6, 6.07) is 10.4. The van der Waals surface area contributed by atoms with E-state index in [0.29, 0.717) is 27.7 Å². The predicted molar refractivity (Wildman–Crippen MR) is 125 cm³/mol. The van der Waals surface area contributed by atoms with Crippen LogP contribution in [0.5, 0.6) is 5.75 Å². The second-order valence-corrected chi connectivity index (χ2v) is 9.05. The van der Waals surface area contributed by atoms with E-state index in [-0.39, 0.29) is 30.3 Å². The van der Waals surface area contributed by atoms with E-state index in [1.165, 1.54) is 22.5 Å². The van der Waals surface area contributed by atoms with Gasteiger partial charge in [-0.15, -0.1) is 0 Å². The van der Waals surface area contributed by atoms with E-state index < -0.39 is 23.3 Å². The third kappa shape index (κ3) is 2.53. The molecule has 3 aromatic rings. The molecule has 0 radical (unpaired) electrons. The Labute approximate surface area is 193 Å². The molecule has 6 rings (SSSR count). The van der Waals surface area contributed by atoms with E-state index >= 15 is 0 Å². The van der Waals surface area contributed by atoms with Gasteiger partial charge in [-0.2, -0.15) is 0 Å². The summed E-state index contributed by atoms with van der Waals surface area (Å²) in [5, 5.41) is 12.8. The van der Waals surface area contributed by atoms with Gasteiger partial charge in [-0.25, -0.2) is 23.5 Å². The molecule has 2 atom stereocenters. The Bertz CT molecular complexity index is 1670. The number of phenolic OH excluding ortho intramolecular Hbond substituents is 1. The van der Waals surface area contributed by atoms with Crippen molar-refractivity contribution in [3.05, 3.63) is 97.4 Å². The summed E-state index contributed by atoms with van der Waals surface area (Å²) in [6.07, 6.45) is 3.31. The van der Waals surface area contributed by atoms with Crippen LogP contribution in [0, 0.1) is 0 Å². The third-order valence-electron chi connectivity index (χ3n) is 7.27. The molecule has 0 amide bonds. The van der Waals surface area contributed by atoms with Crippen molar-refractivity contribution in [2.75, 3.05) is 0 Å². The molecule has 170 valence electrons. The summed E-state index contributed by atoms with van der Waals surface area (Å²) in [7, 11) is 1.42. The lowest BCUT2D eigenvalue weighted by molar-refractivity contribution is -0.116. The van der Waals surface area contributed by atoms with Gasteiger partial charge in [-0.3, -0.25) is 9.59 Å². The second-order valence-electron chi connectivity index (χ2n) is 9.05. The largest absolute Gasteiger partial charge is 0.507 e. The molecule has 0 saturated carbocycles. The number of hydrogen-bond acceptors (Lipinski definition) is 5. The zero-order chi connectivity index (χ0) is 23.9. The van der Waals surface area contributed by atoms with Gasteiger partial charge in [0.2, 0.25) is 0 Å². The maximum Gasteiger partial charge on any atom is 0.347 e. The summed E-state index contributed by atoms with van der Waals surface area (Å²) in [4.78, 5) is 52.0. The minimum absolute atomic E-state index is 0.0346. The van der Waals surface area contributed by atoms with Gasteiger partial charge in [0.05, 0.1) is 12.6 Å². The Kier molecular flexibility index (Phi) is 4.14. The molecule has 1 aromatic heterocycles. The average molecular weight is 455 g/mol. The van der Waals surface area contributed by atoms with Gasteiger partial charge in [0.1, 0.15) is 5.75 Å². The molecule has 8 nitrogen and oxygen atoms in total. The normalized spacial score (nSPS) is 21.7. The first-order valence-electron chi connectivity index (χ1n) is 11.1. The average Bonchev–Trinajstić information content (AvgIpc) is 3.06. The van der Waals surface area contributed by atoms with Gasteiger partial charge in [-0.05, 0) is 24.0 Å². The molecule has 8 heteroatoms. The van der Waals surface area contributed by atoms with E-state index in [0.717, 1.165) is 15.5 Å². The number of ketones is 2. The van der Waals surface area contributed by atoms with Crippen molar-refractivity contribution in [2.24, 2.45) is 7.05 Å². The van der Waals surface area contributed by atoms with Crippen LogP contribution < -0.4 is 11.4 Å². The summed E-state index contributed by atoms with van der Waals surface area (Å²) in [5.41, 5.74) is 1.33. The molecule has 0 fully saturated rings. The number of allylic oxidation sites excluding steroid dienone is 6. The molecule has 2 heterocycles. The fourth-order valence-corrected chi connectivity index (χ4v) is 5.60. The molecule has 2 aliphatic carbocycles. The van der Waals surface area contributed by atoms with Crippen LogP contribution in [0.3, 0.4) is 0 Å². The lowest BCUT2D eigenvalue weighted by atomic mass is 9.67. The lowest BCUT2D eigenvalue weighted by Gasteiger charge is -2.39. The van der Waals surface area contributed by atoms with Crippen LogP contribution >= 0.6 is 0 Å². The Balaban J connectivity index is 1.66. The van der Waals surface area contributed by atoms with Gasteiger partial charge in [-0.1, -0.05) is 42.5 Å². The number of hydrogen-bond donors (Lipinski definition) is 1. The maximum atomic E-state index is 13.4. The first-order valence-corrected chi connectivity index (χ1v) is 11.1. The molecule has 0 unspecified atom stereocenters. The standard InChI is InChI=1S/C26H21N3O5/c1-13-11-20(30)18-12-19-16(9-10-28-25(33)27(2)26(34)29(19)28)21(22(18)23(13)31)17-8-7-14-5-3-4-6-15(14)24(17)32/h3-9,11,19,21,32H,10,12H2,1-2H3/t19-,21-/m1/s1. The highest BCUT2D eigenvalue weighted by atomic mass is 16.3. The number of benzene rings is 2. The molecule has 0 saturated heterocycles. The number of aromatic hydroxyl groups is 1. The Morgan fingerprint density at radius 1 is 1.00 bits per heavy atom. The summed E-state index contributed by atoms with van der Waals surface area (Å²) in [6.45, 7) is 1.77. The minimum Gasteiger partial charge on any atom is -0.507 e. The van der Waals surface area contributed by atoms with Crippen molar-refractivity contribution in [2.45, 2.75) is 31.8 Å².